The Kier molecular flexibility index (Phi) is 2.06. The second kappa shape index (κ2) is 2.55. The van der Waals surface area contributed by atoms with Gasteiger partial charge in [-0.3, -0.25) is 0 Å². The zero-order valence-corrected chi connectivity index (χ0v) is 4.05. The van der Waals surface area contributed by atoms with E-state index in [9.17, 15) is 19.8 Å². The van der Waals surface area contributed by atoms with Crippen LogP contribution in [0, 0.1) is 15.0 Å². The van der Waals surface area contributed by atoms with Crippen LogP contribution in [-0.2, 0) is 0 Å². The van der Waals surface area contributed by atoms with E-state index >= 15 is 0 Å². The molecule has 0 aliphatic heterocycles. The van der Waals surface area contributed by atoms with Gasteiger partial charge in [-0.05, 0) is 0 Å². The van der Waals surface area contributed by atoms with Crippen LogP contribution in [0.15, 0.2) is 5.29 Å². The third-order valence-corrected chi connectivity index (χ3v) is 0.429. The van der Waals surface area contributed by atoms with Gasteiger partial charge in [0.15, 0.2) is 0 Å². The summed E-state index contributed by atoms with van der Waals surface area (Å²) in [6.45, 7) is 0. The number of nitroso groups, excluding NO2 is 1. The Labute approximate surface area is 48.3 Å². The third kappa shape index (κ3) is 1.67. The summed E-state index contributed by atoms with van der Waals surface area (Å²) in [6.07, 6.45) is 0. The van der Waals surface area contributed by atoms with Gasteiger partial charge in [-0.2, -0.15) is 0 Å². The molecule has 0 saturated carbocycles. The van der Waals surface area contributed by atoms with Gasteiger partial charge in [0.1, 0.15) is 5.12 Å². The standard InChI is InChI=1S/CH2N4O4/c2-1(6)4(3-7)5(8)9/h(H2,2,6). The number of nitrogens with two attached hydrogens (primary N) is 1. The van der Waals surface area contributed by atoms with Crippen molar-refractivity contribution in [1.29, 1.82) is 0 Å². The molecular weight excluding hydrogens is 132 g/mol. The molecule has 0 aromatic rings. The number of carbonyl (C=O) groups is 1. The highest BCUT2D eigenvalue weighted by molar-refractivity contribution is 5.69. The van der Waals surface area contributed by atoms with Gasteiger partial charge >= 0.3 is 11.3 Å². The molecule has 0 rings (SSSR count). The van der Waals surface area contributed by atoms with Crippen molar-refractivity contribution >= 4 is 6.03 Å². The lowest BCUT2D eigenvalue weighted by atomic mass is 11.1. The summed E-state index contributed by atoms with van der Waals surface area (Å²) in [5.41, 5.74) is 4.30. The molecule has 0 aromatic carbocycles. The number of urea groups is 1. The molecule has 0 radical (unpaired) electrons. The molecule has 9 heavy (non-hydrogen) atoms. The zero-order valence-electron chi connectivity index (χ0n) is 4.05. The molecule has 2 amide bonds. The van der Waals surface area contributed by atoms with Crippen LogP contribution in [0.1, 0.15) is 0 Å². The van der Waals surface area contributed by atoms with Gasteiger partial charge in [-0.15, -0.1) is 0 Å². The molecule has 0 atom stereocenters. The van der Waals surface area contributed by atoms with E-state index in [-0.39, 0.29) is 0 Å². The summed E-state index contributed by atoms with van der Waals surface area (Å²) in [5, 5.41) is 9.27. The van der Waals surface area contributed by atoms with Crippen molar-refractivity contribution in [3.63, 3.8) is 0 Å². The Morgan fingerprint density at radius 2 is 2.22 bits per heavy atom. The molecule has 2 N–H and O–H groups in total. The molecule has 0 fully saturated rings. The highest BCUT2D eigenvalue weighted by Crippen LogP contribution is 1.85. The second-order valence-corrected chi connectivity index (χ2v) is 0.947. The van der Waals surface area contributed by atoms with Crippen molar-refractivity contribution in [2.75, 3.05) is 0 Å². The highest BCUT2D eigenvalue weighted by Gasteiger charge is 2.21. The van der Waals surface area contributed by atoms with Gasteiger partial charge in [-0.1, -0.05) is 0 Å². The fourth-order valence-corrected chi connectivity index (χ4v) is 0.151. The number of hydrogen-bond acceptors (Lipinski definition) is 5. The molecule has 0 spiro atoms. The first kappa shape index (κ1) is 7.27. The van der Waals surface area contributed by atoms with E-state index < -0.39 is 16.2 Å². The predicted octanol–water partition coefficient (Wildman–Crippen LogP) is -0.760. The average molecular weight is 134 g/mol. The van der Waals surface area contributed by atoms with Crippen LogP contribution in [-0.4, -0.2) is 16.2 Å². The number of rotatable bonds is 2. The maximum atomic E-state index is 9.78. The molecular formula is CH2N4O4. The number of carbonyl (C=O) groups excluding carboxylic acids is 1. The largest absolute Gasteiger partial charge is 0.404 e. The zero-order chi connectivity index (χ0) is 7.44. The lowest BCUT2D eigenvalue weighted by Gasteiger charge is -1.96. The third-order valence-electron chi connectivity index (χ3n) is 0.429. The number of nitro groups is 1. The normalized spacial score (nSPS) is 8.00. The van der Waals surface area contributed by atoms with Crippen molar-refractivity contribution in [2.24, 2.45) is 11.0 Å². The average Bonchev–Trinajstić information content (AvgIpc) is 1.64. The molecule has 0 saturated heterocycles. The molecule has 0 bridgehead atoms. The molecule has 8 heteroatoms. The summed E-state index contributed by atoms with van der Waals surface area (Å²) < 4.78 is 0. The van der Waals surface area contributed by atoms with Crippen LogP contribution in [0.2, 0.25) is 0 Å². The minimum Gasteiger partial charge on any atom is -0.345 e. The van der Waals surface area contributed by atoms with E-state index in [2.05, 4.69) is 5.73 Å². The van der Waals surface area contributed by atoms with Crippen LogP contribution in [0.4, 0.5) is 4.79 Å². The minimum absolute atomic E-state index is 0.611. The summed E-state index contributed by atoms with van der Waals surface area (Å²) in [7, 11) is 0. The maximum absolute atomic E-state index is 9.78. The highest BCUT2D eigenvalue weighted by atomic mass is 16.7. The van der Waals surface area contributed by atoms with E-state index in [1.54, 1.807) is 5.29 Å². The molecule has 0 unspecified atom stereocenters. The van der Waals surface area contributed by atoms with Crippen molar-refractivity contribution in [3.8, 4) is 0 Å². The Morgan fingerprint density at radius 3 is 2.22 bits per heavy atom. The number of hydrazine groups is 1. The van der Waals surface area contributed by atoms with Gasteiger partial charge in [0.05, 0.1) is 5.03 Å². The second-order valence-electron chi connectivity index (χ2n) is 0.947. The first-order valence-electron chi connectivity index (χ1n) is 1.66. The van der Waals surface area contributed by atoms with Crippen LogP contribution < -0.4 is 5.73 Å². The van der Waals surface area contributed by atoms with E-state index in [1.807, 2.05) is 0 Å². The van der Waals surface area contributed by atoms with Crippen LogP contribution in [0.25, 0.3) is 0 Å². The monoisotopic (exact) mass is 134 g/mol. The van der Waals surface area contributed by atoms with Crippen LogP contribution in [0.5, 0.6) is 0 Å². The maximum Gasteiger partial charge on any atom is 0.404 e. The Bertz CT molecular complexity index is 139. The summed E-state index contributed by atoms with van der Waals surface area (Å²) in [4.78, 5) is 28.6. The quantitative estimate of drug-likeness (QED) is 0.303. The van der Waals surface area contributed by atoms with E-state index in [4.69, 9.17) is 0 Å². The predicted molar refractivity (Wildman–Crippen MR) is 24.2 cm³/mol. The van der Waals surface area contributed by atoms with Crippen LogP contribution in [0.3, 0.4) is 0 Å². The minimum atomic E-state index is -1.52. The molecule has 0 aliphatic rings. The first-order chi connectivity index (χ1) is 4.09. The van der Waals surface area contributed by atoms with Crippen molar-refractivity contribution < 1.29 is 9.83 Å². The van der Waals surface area contributed by atoms with Gasteiger partial charge < -0.3 is 15.8 Å². The van der Waals surface area contributed by atoms with Gasteiger partial charge in [0.2, 0.25) is 0 Å². The van der Waals surface area contributed by atoms with Crippen molar-refractivity contribution in [3.05, 3.63) is 15.0 Å². The molecule has 0 heterocycles. The number of hydrogen-bond donors (Lipinski definition) is 1. The lowest BCUT2D eigenvalue weighted by molar-refractivity contribution is -0.633. The molecule has 8 nitrogen and oxygen atoms in total. The fourth-order valence-electron chi connectivity index (χ4n) is 0.151. The Balaban J connectivity index is 4.16. The smallest absolute Gasteiger partial charge is 0.345 e. The SMILES string of the molecule is NC(=O)N(N=O)[N+](=O)[O-]. The van der Waals surface area contributed by atoms with Gasteiger partial charge in [0, 0.05) is 4.91 Å². The van der Waals surface area contributed by atoms with Crippen molar-refractivity contribution in [1.82, 2.24) is 5.12 Å². The summed E-state index contributed by atoms with van der Waals surface area (Å²) >= 11 is 0. The van der Waals surface area contributed by atoms with E-state index in [1.165, 1.54) is 0 Å². The molecule has 50 valence electrons. The summed E-state index contributed by atoms with van der Waals surface area (Å²) in [5.74, 6) is 0. The number of nitrogens with zero attached hydrogens (tertiary/aromatic N) is 3. The van der Waals surface area contributed by atoms with Gasteiger partial charge in [0.25, 0.3) is 0 Å². The lowest BCUT2D eigenvalue weighted by Crippen LogP contribution is -2.35. The number of amides is 2. The Hall–Kier alpha value is -1.73. The van der Waals surface area contributed by atoms with Crippen molar-refractivity contribution in [2.45, 2.75) is 0 Å². The summed E-state index contributed by atoms with van der Waals surface area (Å²) in [6, 6.07) is -1.52. The molecule has 0 aliphatic carbocycles. The van der Waals surface area contributed by atoms with Crippen LogP contribution >= 0.6 is 0 Å². The number of primary amides is 1. The van der Waals surface area contributed by atoms with Gasteiger partial charge in [-0.25, -0.2) is 4.79 Å². The Morgan fingerprint density at radius 1 is 1.78 bits per heavy atom. The first-order valence-corrected chi connectivity index (χ1v) is 1.66. The fraction of sp³-hybridized carbons (Fsp3) is 0. The topological polar surface area (TPSA) is 119 Å². The van der Waals surface area contributed by atoms with E-state index in [0.717, 1.165) is 0 Å². The van der Waals surface area contributed by atoms with E-state index in [0.29, 0.717) is 0 Å². The molecule has 0 aromatic heterocycles.